The van der Waals surface area contributed by atoms with Crippen molar-refractivity contribution < 1.29 is 27.0 Å². The van der Waals surface area contributed by atoms with E-state index in [-0.39, 0.29) is 25.3 Å². The quantitative estimate of drug-likeness (QED) is 0.780. The van der Waals surface area contributed by atoms with Gasteiger partial charge in [-0.2, -0.15) is 8.42 Å². The van der Waals surface area contributed by atoms with E-state index in [2.05, 4.69) is 0 Å². The molecule has 9 heteroatoms. The minimum atomic E-state index is -4.69. The molecule has 2 atom stereocenters. The van der Waals surface area contributed by atoms with Crippen LogP contribution in [0.2, 0.25) is 5.02 Å². The number of rotatable bonds is 6. The van der Waals surface area contributed by atoms with E-state index < -0.39 is 33.9 Å². The van der Waals surface area contributed by atoms with Gasteiger partial charge in [-0.05, 0) is 17.7 Å². The van der Waals surface area contributed by atoms with Gasteiger partial charge in [-0.15, -0.1) is 3.89 Å². The fraction of sp³-hybridized carbons (Fsp3) is 0.429. The maximum absolute atomic E-state index is 12.8. The highest BCUT2D eigenvalue weighted by Gasteiger charge is 2.37. The first-order valence-electron chi connectivity index (χ1n) is 6.85. The first kappa shape index (κ1) is 17.7. The summed E-state index contributed by atoms with van der Waals surface area (Å²) < 4.78 is 34.3. The lowest BCUT2D eigenvalue weighted by atomic mass is 10.0. The summed E-state index contributed by atoms with van der Waals surface area (Å²) in [5.74, 6) is -2.91. The van der Waals surface area contributed by atoms with Gasteiger partial charge in [-0.25, -0.2) is 0 Å². The largest absolute Gasteiger partial charge is 0.481 e. The minimum absolute atomic E-state index is 0.00254. The Balaban J connectivity index is 2.23. The molecule has 1 saturated heterocycles. The predicted octanol–water partition coefficient (Wildman–Crippen LogP) is 2.00. The van der Waals surface area contributed by atoms with Gasteiger partial charge in [0.15, 0.2) is 0 Å². The monoisotopic (exact) mass is 363 g/mol. The van der Waals surface area contributed by atoms with E-state index in [9.17, 15) is 21.9 Å². The first-order valence-corrected chi connectivity index (χ1v) is 8.78. The molecule has 1 aromatic carbocycles. The van der Waals surface area contributed by atoms with Gasteiger partial charge in [0.25, 0.3) is 0 Å². The highest BCUT2D eigenvalue weighted by atomic mass is 35.5. The third kappa shape index (κ3) is 4.90. The maximum Gasteiger partial charge on any atom is 0.305 e. The Morgan fingerprint density at radius 2 is 2.00 bits per heavy atom. The third-order valence-corrected chi connectivity index (χ3v) is 4.79. The number of hydrogen-bond acceptors (Lipinski definition) is 4. The summed E-state index contributed by atoms with van der Waals surface area (Å²) in [6.07, 6.45) is -0.449. The molecule has 0 spiro atoms. The molecule has 126 valence electrons. The van der Waals surface area contributed by atoms with Crippen LogP contribution in [0.15, 0.2) is 24.3 Å². The van der Waals surface area contributed by atoms with Gasteiger partial charge in [-0.1, -0.05) is 23.7 Å². The lowest BCUT2D eigenvalue weighted by Crippen LogP contribution is -2.32. The summed E-state index contributed by atoms with van der Waals surface area (Å²) in [5, 5.41) is 9.55. The Bertz CT molecular complexity index is 706. The summed E-state index contributed by atoms with van der Waals surface area (Å²) in [6, 6.07) is 5.64. The second-order valence-electron chi connectivity index (χ2n) is 5.49. The van der Waals surface area contributed by atoms with Crippen LogP contribution in [0.5, 0.6) is 0 Å². The van der Waals surface area contributed by atoms with Crippen LogP contribution in [0.3, 0.4) is 0 Å². The number of carboxylic acids is 1. The molecule has 0 bridgehead atoms. The number of benzene rings is 1. The van der Waals surface area contributed by atoms with E-state index in [1.165, 1.54) is 4.90 Å². The van der Waals surface area contributed by atoms with Gasteiger partial charge in [0.05, 0.1) is 18.2 Å². The third-order valence-electron chi connectivity index (χ3n) is 3.67. The molecule has 0 radical (unpaired) electrons. The average Bonchev–Trinajstić information content (AvgIpc) is 2.75. The van der Waals surface area contributed by atoms with Gasteiger partial charge in [0, 0.05) is 23.9 Å². The topological polar surface area (TPSA) is 91.8 Å². The molecule has 1 fully saturated rings. The maximum atomic E-state index is 12.8. The average molecular weight is 364 g/mol. The molecule has 2 unspecified atom stereocenters. The molecule has 23 heavy (non-hydrogen) atoms. The summed E-state index contributed by atoms with van der Waals surface area (Å²) in [4.78, 5) is 24.5. The Morgan fingerprint density at radius 3 is 2.52 bits per heavy atom. The molecule has 1 aromatic rings. The number of carbonyl (C=O) groups excluding carboxylic acids is 1. The summed E-state index contributed by atoms with van der Waals surface area (Å²) in [7, 11) is -4.69. The molecule has 1 heterocycles. The van der Waals surface area contributed by atoms with Crippen LogP contribution in [0.4, 0.5) is 3.89 Å². The second-order valence-corrected chi connectivity index (χ2v) is 7.33. The second kappa shape index (κ2) is 6.84. The molecular weight excluding hydrogens is 349 g/mol. The molecule has 0 saturated carbocycles. The number of halogens is 2. The fourth-order valence-electron chi connectivity index (χ4n) is 2.76. The van der Waals surface area contributed by atoms with Crippen molar-refractivity contribution in [2.45, 2.75) is 18.9 Å². The van der Waals surface area contributed by atoms with E-state index in [4.69, 9.17) is 16.7 Å². The Hall–Kier alpha value is -1.67. The molecule has 2 rings (SSSR count). The first-order chi connectivity index (χ1) is 10.7. The molecule has 1 N–H and O–H groups in total. The Labute approximate surface area is 138 Å². The minimum Gasteiger partial charge on any atom is -0.481 e. The van der Waals surface area contributed by atoms with Crippen molar-refractivity contribution in [2.24, 2.45) is 5.92 Å². The number of carboxylic acid groups (broad SMARTS) is 1. The number of nitrogens with zero attached hydrogens (tertiary/aromatic N) is 1. The van der Waals surface area contributed by atoms with Crippen LogP contribution in [0, 0.1) is 5.92 Å². The summed E-state index contributed by atoms with van der Waals surface area (Å²) >= 11 is 5.80. The van der Waals surface area contributed by atoms with Crippen molar-refractivity contribution in [3.63, 3.8) is 0 Å². The lowest BCUT2D eigenvalue weighted by Gasteiger charge is -2.27. The van der Waals surface area contributed by atoms with Crippen molar-refractivity contribution in [2.75, 3.05) is 12.3 Å². The number of amides is 1. The van der Waals surface area contributed by atoms with Gasteiger partial charge >= 0.3 is 16.2 Å². The van der Waals surface area contributed by atoms with Gasteiger partial charge in [0.1, 0.15) is 0 Å². The molecule has 0 aromatic heterocycles. The van der Waals surface area contributed by atoms with Crippen molar-refractivity contribution in [3.8, 4) is 0 Å². The number of likely N-dealkylation sites (tertiary alicyclic amines) is 1. The van der Waals surface area contributed by atoms with Crippen molar-refractivity contribution >= 4 is 33.7 Å². The summed E-state index contributed by atoms with van der Waals surface area (Å²) in [6.45, 7) is 0.00254. The number of hydrogen-bond donors (Lipinski definition) is 1. The molecule has 0 aliphatic carbocycles. The van der Waals surface area contributed by atoms with Gasteiger partial charge in [-0.3, -0.25) is 9.59 Å². The SMILES string of the molecule is O=C(O)CC(c1ccc(Cl)cc1)N1CC(CS(=O)(=O)F)CC1=O. The molecule has 1 amide bonds. The Morgan fingerprint density at radius 1 is 1.39 bits per heavy atom. The molecular formula is C14H15ClFNO5S. The lowest BCUT2D eigenvalue weighted by molar-refractivity contribution is -0.139. The number of aliphatic carboxylic acids is 1. The zero-order valence-corrected chi connectivity index (χ0v) is 13.6. The van der Waals surface area contributed by atoms with E-state index in [0.717, 1.165) is 0 Å². The highest BCUT2D eigenvalue weighted by molar-refractivity contribution is 7.86. The molecule has 1 aliphatic rings. The van der Waals surface area contributed by atoms with Crippen molar-refractivity contribution in [1.29, 1.82) is 0 Å². The van der Waals surface area contributed by atoms with Crippen LogP contribution < -0.4 is 0 Å². The standard InChI is InChI=1S/C14H15ClFNO5S/c15-11-3-1-10(2-4-11)12(6-14(19)20)17-7-9(5-13(17)18)8-23(16,21)22/h1-4,9,12H,5-8H2,(H,19,20). The van der Waals surface area contributed by atoms with Gasteiger partial charge < -0.3 is 10.0 Å². The van der Waals surface area contributed by atoms with Crippen LogP contribution in [-0.4, -0.2) is 42.6 Å². The fourth-order valence-corrected chi connectivity index (χ4v) is 3.67. The normalized spacial score (nSPS) is 19.8. The van der Waals surface area contributed by atoms with E-state index in [1.807, 2.05) is 0 Å². The van der Waals surface area contributed by atoms with E-state index >= 15 is 0 Å². The number of carbonyl (C=O) groups is 2. The zero-order valence-electron chi connectivity index (χ0n) is 12.0. The van der Waals surface area contributed by atoms with Crippen LogP contribution in [-0.2, 0) is 19.8 Å². The highest BCUT2D eigenvalue weighted by Crippen LogP contribution is 2.32. The van der Waals surface area contributed by atoms with Crippen LogP contribution in [0.1, 0.15) is 24.4 Å². The van der Waals surface area contributed by atoms with Crippen LogP contribution >= 0.6 is 11.6 Å². The molecule has 6 nitrogen and oxygen atoms in total. The van der Waals surface area contributed by atoms with Gasteiger partial charge in [0.2, 0.25) is 5.91 Å². The smallest absolute Gasteiger partial charge is 0.305 e. The predicted molar refractivity (Wildman–Crippen MR) is 81.2 cm³/mol. The zero-order chi connectivity index (χ0) is 17.2. The van der Waals surface area contributed by atoms with E-state index in [0.29, 0.717) is 10.6 Å². The van der Waals surface area contributed by atoms with E-state index in [1.54, 1.807) is 24.3 Å². The molecule has 1 aliphatic heterocycles. The Kier molecular flexibility index (Phi) is 5.26. The van der Waals surface area contributed by atoms with Crippen molar-refractivity contribution in [1.82, 2.24) is 4.90 Å². The van der Waals surface area contributed by atoms with Crippen LogP contribution in [0.25, 0.3) is 0 Å². The van der Waals surface area contributed by atoms with Crippen molar-refractivity contribution in [3.05, 3.63) is 34.9 Å². The summed E-state index contributed by atoms with van der Waals surface area (Å²) in [5.41, 5.74) is 0.578.